The van der Waals surface area contributed by atoms with Crippen molar-refractivity contribution in [3.63, 3.8) is 0 Å². The van der Waals surface area contributed by atoms with Gasteiger partial charge in [0.15, 0.2) is 0 Å². The van der Waals surface area contributed by atoms with Gasteiger partial charge in [0.25, 0.3) is 0 Å². The van der Waals surface area contributed by atoms with Crippen LogP contribution in [0.1, 0.15) is 0 Å². The van der Waals surface area contributed by atoms with Gasteiger partial charge in [-0.25, -0.2) is 0 Å². The molecule has 54 valence electrons. The molecule has 1 atom stereocenters. The monoisotopic (exact) mass is 211 g/mol. The average molecular weight is 212 g/mol. The van der Waals surface area contributed by atoms with Gasteiger partial charge in [0.05, 0.1) is 0 Å². The summed E-state index contributed by atoms with van der Waals surface area (Å²) in [7, 11) is 1.64. The van der Waals surface area contributed by atoms with Crippen LogP contribution in [-0.2, 0) is 4.79 Å². The lowest BCUT2D eigenvalue weighted by Crippen LogP contribution is -2.28. The molecule has 0 saturated carbocycles. The van der Waals surface area contributed by atoms with Gasteiger partial charge in [-0.15, -0.1) is 0 Å². The van der Waals surface area contributed by atoms with Crippen LogP contribution in [0.4, 0.5) is 0 Å². The largest absolute Gasteiger partial charge is 0.358 e. The molecule has 9 heavy (non-hydrogen) atoms. The third-order valence-corrected chi connectivity index (χ3v) is 2.68. The lowest BCUT2D eigenvalue weighted by molar-refractivity contribution is -0.119. The van der Waals surface area contributed by atoms with E-state index in [2.05, 4.69) is 21.2 Å². The summed E-state index contributed by atoms with van der Waals surface area (Å²) >= 11 is 4.88. The molecule has 0 aliphatic rings. The number of hydrogen-bond donors (Lipinski definition) is 1. The molecule has 0 radical (unpaired) electrons. The molecule has 1 unspecified atom stereocenters. The Hall–Kier alpha value is 0.300. The second kappa shape index (κ2) is 5.11. The summed E-state index contributed by atoms with van der Waals surface area (Å²) in [6.07, 6.45) is 1.97. The van der Waals surface area contributed by atoms with E-state index in [9.17, 15) is 4.79 Å². The van der Waals surface area contributed by atoms with E-state index < -0.39 is 0 Å². The van der Waals surface area contributed by atoms with Crippen molar-refractivity contribution in [3.05, 3.63) is 0 Å². The zero-order chi connectivity index (χ0) is 7.28. The van der Waals surface area contributed by atoms with Crippen LogP contribution in [0.3, 0.4) is 0 Å². The summed E-state index contributed by atoms with van der Waals surface area (Å²) < 4.78 is 0. The fourth-order valence-corrected chi connectivity index (χ4v) is 1.84. The molecule has 0 aromatic rings. The Morgan fingerprint density at radius 2 is 2.44 bits per heavy atom. The van der Waals surface area contributed by atoms with E-state index in [0.717, 1.165) is 5.75 Å². The fourth-order valence-electron chi connectivity index (χ4n) is 0.379. The highest BCUT2D eigenvalue weighted by atomic mass is 79.9. The molecule has 2 nitrogen and oxygen atoms in total. The standard InChI is InChI=1S/C5H10BrNOS/c1-7-5(8)4(6)3-9-2/h4H,3H2,1-2H3,(H,7,8). The smallest absolute Gasteiger partial charge is 0.234 e. The van der Waals surface area contributed by atoms with E-state index >= 15 is 0 Å². The molecule has 1 amide bonds. The van der Waals surface area contributed by atoms with Crippen molar-refractivity contribution in [2.45, 2.75) is 4.83 Å². The van der Waals surface area contributed by atoms with Gasteiger partial charge in [0.1, 0.15) is 4.83 Å². The Morgan fingerprint density at radius 1 is 1.89 bits per heavy atom. The van der Waals surface area contributed by atoms with Crippen molar-refractivity contribution in [3.8, 4) is 0 Å². The predicted molar refractivity (Wildman–Crippen MR) is 45.2 cm³/mol. The molecule has 0 aliphatic carbocycles. The number of carbonyl (C=O) groups is 1. The number of nitrogens with one attached hydrogen (secondary N) is 1. The zero-order valence-electron chi connectivity index (χ0n) is 5.48. The van der Waals surface area contributed by atoms with Gasteiger partial charge in [-0.3, -0.25) is 4.79 Å². The Bertz CT molecular complexity index is 99.0. The molecule has 4 heteroatoms. The number of rotatable bonds is 3. The van der Waals surface area contributed by atoms with E-state index in [4.69, 9.17) is 0 Å². The molecular weight excluding hydrogens is 202 g/mol. The summed E-state index contributed by atoms with van der Waals surface area (Å²) in [6, 6.07) is 0. The minimum atomic E-state index is -0.0440. The summed E-state index contributed by atoms with van der Waals surface area (Å²) in [6.45, 7) is 0. The number of halogens is 1. The van der Waals surface area contributed by atoms with E-state index in [1.165, 1.54) is 0 Å². The van der Waals surface area contributed by atoms with Crippen molar-refractivity contribution >= 4 is 33.6 Å². The summed E-state index contributed by atoms with van der Waals surface area (Å²) in [4.78, 5) is 10.7. The molecule has 0 spiro atoms. The topological polar surface area (TPSA) is 29.1 Å². The first kappa shape index (κ1) is 9.30. The van der Waals surface area contributed by atoms with Crippen LogP contribution in [0.25, 0.3) is 0 Å². The number of alkyl halides is 1. The van der Waals surface area contributed by atoms with Crippen molar-refractivity contribution < 1.29 is 4.79 Å². The van der Waals surface area contributed by atoms with Crippen LogP contribution in [0.15, 0.2) is 0 Å². The highest BCUT2D eigenvalue weighted by Crippen LogP contribution is 2.05. The Morgan fingerprint density at radius 3 is 2.78 bits per heavy atom. The van der Waals surface area contributed by atoms with E-state index in [0.29, 0.717) is 0 Å². The van der Waals surface area contributed by atoms with Crippen LogP contribution in [-0.4, -0.2) is 29.8 Å². The molecule has 0 saturated heterocycles. The highest BCUT2D eigenvalue weighted by Gasteiger charge is 2.10. The van der Waals surface area contributed by atoms with Gasteiger partial charge in [-0.1, -0.05) is 15.9 Å². The number of thioether (sulfide) groups is 1. The highest BCUT2D eigenvalue weighted by molar-refractivity contribution is 9.10. The maximum Gasteiger partial charge on any atom is 0.234 e. The van der Waals surface area contributed by atoms with Gasteiger partial charge < -0.3 is 5.32 Å². The SMILES string of the molecule is CNC(=O)C(Br)CSC. The Labute approximate surface area is 67.9 Å². The maximum atomic E-state index is 10.7. The minimum absolute atomic E-state index is 0.0440. The van der Waals surface area contributed by atoms with Gasteiger partial charge in [-0.05, 0) is 6.26 Å². The quantitative estimate of drug-likeness (QED) is 0.703. The zero-order valence-corrected chi connectivity index (χ0v) is 7.88. The Balaban J connectivity index is 3.45. The summed E-state index contributed by atoms with van der Waals surface area (Å²) in [5.74, 6) is 0.865. The first-order valence-corrected chi connectivity index (χ1v) is 4.88. The number of amides is 1. The first-order valence-electron chi connectivity index (χ1n) is 2.57. The third-order valence-electron chi connectivity index (χ3n) is 0.844. The molecule has 0 aromatic carbocycles. The molecule has 0 aromatic heterocycles. The molecule has 0 rings (SSSR count). The van der Waals surface area contributed by atoms with Crippen LogP contribution >= 0.6 is 27.7 Å². The van der Waals surface area contributed by atoms with Crippen molar-refractivity contribution in [2.24, 2.45) is 0 Å². The molecule has 0 fully saturated rings. The number of hydrogen-bond acceptors (Lipinski definition) is 2. The first-order chi connectivity index (χ1) is 4.22. The third kappa shape index (κ3) is 3.81. The average Bonchev–Trinajstić information content (AvgIpc) is 1.87. The summed E-state index contributed by atoms with van der Waals surface area (Å²) in [5, 5.41) is 2.55. The minimum Gasteiger partial charge on any atom is -0.358 e. The van der Waals surface area contributed by atoms with Gasteiger partial charge in [0.2, 0.25) is 5.91 Å². The lowest BCUT2D eigenvalue weighted by Gasteiger charge is -2.04. The van der Waals surface area contributed by atoms with Gasteiger partial charge in [-0.2, -0.15) is 11.8 Å². The van der Waals surface area contributed by atoms with E-state index in [1.807, 2.05) is 6.26 Å². The number of carbonyl (C=O) groups excluding carboxylic acids is 1. The van der Waals surface area contributed by atoms with E-state index in [1.54, 1.807) is 18.8 Å². The normalized spacial score (nSPS) is 12.8. The van der Waals surface area contributed by atoms with Crippen LogP contribution < -0.4 is 5.32 Å². The van der Waals surface area contributed by atoms with Crippen molar-refractivity contribution in [1.29, 1.82) is 0 Å². The van der Waals surface area contributed by atoms with Crippen molar-refractivity contribution in [2.75, 3.05) is 19.1 Å². The lowest BCUT2D eigenvalue weighted by atomic mass is 10.5. The second-order valence-electron chi connectivity index (χ2n) is 1.54. The van der Waals surface area contributed by atoms with Crippen LogP contribution in [0.2, 0.25) is 0 Å². The van der Waals surface area contributed by atoms with E-state index in [-0.39, 0.29) is 10.7 Å². The molecule has 1 N–H and O–H groups in total. The van der Waals surface area contributed by atoms with Gasteiger partial charge >= 0.3 is 0 Å². The van der Waals surface area contributed by atoms with Crippen molar-refractivity contribution in [1.82, 2.24) is 5.32 Å². The fraction of sp³-hybridized carbons (Fsp3) is 0.800. The van der Waals surface area contributed by atoms with Gasteiger partial charge in [0, 0.05) is 12.8 Å². The molecule has 0 bridgehead atoms. The molecule has 0 aliphatic heterocycles. The predicted octanol–water partition coefficient (Wildman–Crippen LogP) is 0.859. The Kier molecular flexibility index (Phi) is 5.28. The van der Waals surface area contributed by atoms with Crippen LogP contribution in [0.5, 0.6) is 0 Å². The molecular formula is C5H10BrNOS. The van der Waals surface area contributed by atoms with Crippen LogP contribution in [0, 0.1) is 0 Å². The molecule has 0 heterocycles. The second-order valence-corrected chi connectivity index (χ2v) is 3.55. The summed E-state index contributed by atoms with van der Waals surface area (Å²) in [5.41, 5.74) is 0. The maximum absolute atomic E-state index is 10.7.